The number of aromatic nitrogens is 4. The van der Waals surface area contributed by atoms with Crippen molar-refractivity contribution < 1.29 is 9.21 Å². The SMILES string of the molecule is Cc1cnn(C)c1C(=O)N1C[C@@H]2CCC[C@]2(c2nnc(C3CC3)o2)C1. The van der Waals surface area contributed by atoms with Gasteiger partial charge in [-0.25, -0.2) is 0 Å². The van der Waals surface area contributed by atoms with Crippen molar-refractivity contribution in [2.24, 2.45) is 13.0 Å². The smallest absolute Gasteiger partial charge is 0.272 e. The molecule has 0 radical (unpaired) electrons. The molecule has 7 nitrogen and oxygen atoms in total. The minimum Gasteiger partial charge on any atom is -0.424 e. The second-order valence-electron chi connectivity index (χ2n) is 7.95. The summed E-state index contributed by atoms with van der Waals surface area (Å²) in [5.41, 5.74) is 1.45. The minimum absolute atomic E-state index is 0.0632. The minimum atomic E-state index is -0.150. The Labute approximate surface area is 146 Å². The van der Waals surface area contributed by atoms with Crippen LogP contribution in [0.5, 0.6) is 0 Å². The number of carbonyl (C=O) groups is 1. The van der Waals surface area contributed by atoms with Crippen LogP contribution in [0.4, 0.5) is 0 Å². The van der Waals surface area contributed by atoms with Crippen LogP contribution in [-0.2, 0) is 12.5 Å². The lowest BCUT2D eigenvalue weighted by molar-refractivity contribution is 0.0764. The molecule has 2 aromatic rings. The van der Waals surface area contributed by atoms with Gasteiger partial charge in [-0.15, -0.1) is 10.2 Å². The van der Waals surface area contributed by atoms with Gasteiger partial charge in [0.2, 0.25) is 11.8 Å². The third-order valence-corrected chi connectivity index (χ3v) is 6.28. The molecule has 5 rings (SSSR count). The van der Waals surface area contributed by atoms with Crippen molar-refractivity contribution in [3.63, 3.8) is 0 Å². The van der Waals surface area contributed by atoms with Crippen LogP contribution in [0.3, 0.4) is 0 Å². The van der Waals surface area contributed by atoms with Crippen LogP contribution in [-0.4, -0.2) is 43.9 Å². The summed E-state index contributed by atoms with van der Waals surface area (Å²) in [6.07, 6.45) is 7.37. The number of rotatable bonds is 3. The van der Waals surface area contributed by atoms with Crippen LogP contribution < -0.4 is 0 Å². The molecule has 0 bridgehead atoms. The molecule has 1 aliphatic heterocycles. The summed E-state index contributed by atoms with van der Waals surface area (Å²) in [6.45, 7) is 3.38. The topological polar surface area (TPSA) is 77.1 Å². The zero-order valence-electron chi connectivity index (χ0n) is 14.7. The summed E-state index contributed by atoms with van der Waals surface area (Å²) in [6, 6.07) is 0. The third kappa shape index (κ3) is 2.17. The highest BCUT2D eigenvalue weighted by Crippen LogP contribution is 2.51. The van der Waals surface area contributed by atoms with E-state index in [4.69, 9.17) is 4.42 Å². The van der Waals surface area contributed by atoms with E-state index in [-0.39, 0.29) is 11.3 Å². The van der Waals surface area contributed by atoms with E-state index in [1.165, 1.54) is 6.42 Å². The highest BCUT2D eigenvalue weighted by Gasteiger charge is 2.55. The first-order valence-electron chi connectivity index (χ1n) is 9.20. The van der Waals surface area contributed by atoms with E-state index in [2.05, 4.69) is 15.3 Å². The molecule has 132 valence electrons. The predicted octanol–water partition coefficient (Wildman–Crippen LogP) is 2.18. The highest BCUT2D eigenvalue weighted by molar-refractivity contribution is 5.94. The van der Waals surface area contributed by atoms with Crippen LogP contribution in [0.25, 0.3) is 0 Å². The maximum Gasteiger partial charge on any atom is 0.272 e. The lowest BCUT2D eigenvalue weighted by Gasteiger charge is -2.24. The first kappa shape index (κ1) is 15.1. The Bertz CT molecular complexity index is 817. The number of hydrogen-bond acceptors (Lipinski definition) is 5. The summed E-state index contributed by atoms with van der Waals surface area (Å²) in [5.74, 6) is 2.50. The molecule has 25 heavy (non-hydrogen) atoms. The first-order chi connectivity index (χ1) is 12.1. The van der Waals surface area contributed by atoms with Crippen molar-refractivity contribution in [1.29, 1.82) is 0 Å². The fourth-order valence-electron chi connectivity index (χ4n) is 4.73. The van der Waals surface area contributed by atoms with Crippen LogP contribution in [0.1, 0.15) is 65.9 Å². The lowest BCUT2D eigenvalue weighted by atomic mass is 9.80. The van der Waals surface area contributed by atoms with E-state index >= 15 is 0 Å². The Morgan fingerprint density at radius 3 is 2.88 bits per heavy atom. The van der Waals surface area contributed by atoms with Gasteiger partial charge in [-0.1, -0.05) is 6.42 Å². The van der Waals surface area contributed by atoms with Crippen molar-refractivity contribution in [2.45, 2.75) is 50.4 Å². The number of amides is 1. The molecule has 2 saturated carbocycles. The summed E-state index contributed by atoms with van der Waals surface area (Å²) in [4.78, 5) is 15.0. The molecule has 3 heterocycles. The van der Waals surface area contributed by atoms with Gasteiger partial charge in [-0.2, -0.15) is 5.10 Å². The van der Waals surface area contributed by atoms with E-state index < -0.39 is 0 Å². The Morgan fingerprint density at radius 2 is 2.16 bits per heavy atom. The largest absolute Gasteiger partial charge is 0.424 e. The second-order valence-corrected chi connectivity index (χ2v) is 7.95. The van der Waals surface area contributed by atoms with Gasteiger partial charge >= 0.3 is 0 Å². The van der Waals surface area contributed by atoms with E-state index in [1.54, 1.807) is 10.9 Å². The zero-order chi connectivity index (χ0) is 17.2. The van der Waals surface area contributed by atoms with Crippen molar-refractivity contribution in [3.05, 3.63) is 29.2 Å². The second kappa shape index (κ2) is 5.16. The summed E-state index contributed by atoms with van der Waals surface area (Å²) in [7, 11) is 1.83. The van der Waals surface area contributed by atoms with Gasteiger partial charge in [0.1, 0.15) is 5.69 Å². The quantitative estimate of drug-likeness (QED) is 0.855. The fraction of sp³-hybridized carbons (Fsp3) is 0.667. The molecule has 3 fully saturated rings. The molecule has 0 N–H and O–H groups in total. The van der Waals surface area contributed by atoms with Gasteiger partial charge in [0.25, 0.3) is 5.91 Å². The Kier molecular flexibility index (Phi) is 3.12. The number of fused-ring (bicyclic) bond motifs is 1. The molecule has 0 unspecified atom stereocenters. The lowest BCUT2D eigenvalue weighted by Crippen LogP contribution is -2.35. The molecule has 2 atom stereocenters. The molecule has 2 aliphatic carbocycles. The first-order valence-corrected chi connectivity index (χ1v) is 9.20. The summed E-state index contributed by atoms with van der Waals surface area (Å²) >= 11 is 0. The number of carbonyl (C=O) groups excluding carboxylic acids is 1. The normalized spacial score (nSPS) is 28.6. The third-order valence-electron chi connectivity index (χ3n) is 6.28. The van der Waals surface area contributed by atoms with E-state index in [9.17, 15) is 4.79 Å². The van der Waals surface area contributed by atoms with Gasteiger partial charge in [0.05, 0.1) is 11.6 Å². The highest BCUT2D eigenvalue weighted by atomic mass is 16.4. The molecule has 0 aromatic carbocycles. The molecule has 7 heteroatoms. The van der Waals surface area contributed by atoms with Crippen LogP contribution >= 0.6 is 0 Å². The van der Waals surface area contributed by atoms with Crippen LogP contribution in [0, 0.1) is 12.8 Å². The molecule has 1 amide bonds. The molecule has 0 spiro atoms. The Hall–Kier alpha value is -2.18. The predicted molar refractivity (Wildman–Crippen MR) is 89.1 cm³/mol. The molecular formula is C18H23N5O2. The Balaban J connectivity index is 1.45. The molecule has 3 aliphatic rings. The van der Waals surface area contributed by atoms with Gasteiger partial charge in [0, 0.05) is 26.1 Å². The molecule has 2 aromatic heterocycles. The van der Waals surface area contributed by atoms with Gasteiger partial charge < -0.3 is 9.32 Å². The standard InChI is InChI=1S/C18H23N5O2/c1-11-8-19-22(2)14(11)16(24)23-9-13-4-3-7-18(13,10-23)17-21-20-15(25-17)12-5-6-12/h8,12-13H,3-7,9-10H2,1-2H3/t13-,18-/m0/s1. The fourth-order valence-corrected chi connectivity index (χ4v) is 4.73. The van der Waals surface area contributed by atoms with Gasteiger partial charge in [0.15, 0.2) is 0 Å². The number of nitrogens with zero attached hydrogens (tertiary/aromatic N) is 5. The van der Waals surface area contributed by atoms with Gasteiger partial charge in [-0.3, -0.25) is 9.48 Å². The number of likely N-dealkylation sites (tertiary alicyclic amines) is 1. The average Bonchev–Trinajstić information content (AvgIpc) is 2.95. The molecular weight excluding hydrogens is 318 g/mol. The number of hydrogen-bond donors (Lipinski definition) is 0. The summed E-state index contributed by atoms with van der Waals surface area (Å²) in [5, 5.41) is 12.9. The Morgan fingerprint density at radius 1 is 1.32 bits per heavy atom. The van der Waals surface area contributed by atoms with Crippen molar-refractivity contribution in [1.82, 2.24) is 24.9 Å². The van der Waals surface area contributed by atoms with E-state index in [0.29, 0.717) is 24.1 Å². The number of aryl methyl sites for hydroxylation is 2. The van der Waals surface area contributed by atoms with Crippen LogP contribution in [0.2, 0.25) is 0 Å². The summed E-state index contributed by atoms with van der Waals surface area (Å²) < 4.78 is 7.76. The van der Waals surface area contributed by atoms with E-state index in [1.807, 2.05) is 18.9 Å². The van der Waals surface area contributed by atoms with E-state index in [0.717, 1.165) is 49.6 Å². The van der Waals surface area contributed by atoms with Crippen molar-refractivity contribution >= 4 is 5.91 Å². The molecule has 1 saturated heterocycles. The van der Waals surface area contributed by atoms with Crippen molar-refractivity contribution in [2.75, 3.05) is 13.1 Å². The maximum atomic E-state index is 13.1. The maximum absolute atomic E-state index is 13.1. The zero-order valence-corrected chi connectivity index (χ0v) is 14.7. The average molecular weight is 341 g/mol. The monoisotopic (exact) mass is 341 g/mol. The van der Waals surface area contributed by atoms with Crippen molar-refractivity contribution in [3.8, 4) is 0 Å². The van der Waals surface area contributed by atoms with Gasteiger partial charge in [-0.05, 0) is 44.1 Å². The van der Waals surface area contributed by atoms with Crippen LogP contribution in [0.15, 0.2) is 10.6 Å².